The monoisotopic (exact) mass is 397 g/mol. The van der Waals surface area contributed by atoms with Gasteiger partial charge in [0.15, 0.2) is 18.1 Å². The first kappa shape index (κ1) is 18.6. The molecule has 138 valence electrons. The number of hydrogen-bond donors (Lipinski definition) is 2. The third-order valence-corrected chi connectivity index (χ3v) is 4.41. The topological polar surface area (TPSA) is 77.0 Å². The lowest BCUT2D eigenvalue weighted by Crippen LogP contribution is -2.40. The summed E-state index contributed by atoms with van der Waals surface area (Å²) < 4.78 is 15.9. The number of amides is 1. The number of rotatable bonds is 6. The van der Waals surface area contributed by atoms with Crippen molar-refractivity contribution in [3.63, 3.8) is 0 Å². The van der Waals surface area contributed by atoms with Gasteiger partial charge in [0.25, 0.3) is 5.91 Å². The molecule has 0 aliphatic carbocycles. The van der Waals surface area contributed by atoms with Gasteiger partial charge in [-0.2, -0.15) is 0 Å². The van der Waals surface area contributed by atoms with Crippen LogP contribution < -0.4 is 19.5 Å². The maximum absolute atomic E-state index is 12.0. The predicted octanol–water partition coefficient (Wildman–Crippen LogP) is 3.12. The van der Waals surface area contributed by atoms with E-state index in [-0.39, 0.29) is 19.9 Å². The lowest BCUT2D eigenvalue weighted by atomic mass is 9.95. The van der Waals surface area contributed by atoms with E-state index in [4.69, 9.17) is 37.4 Å². The highest BCUT2D eigenvalue weighted by Gasteiger charge is 2.26. The molecule has 2 aromatic carbocycles. The number of ether oxygens (including phenoxy) is 3. The second-order valence-corrected chi connectivity index (χ2v) is 6.83. The van der Waals surface area contributed by atoms with Crippen molar-refractivity contribution in [1.29, 1.82) is 0 Å². The molecular weight excluding hydrogens is 381 g/mol. The molecule has 0 aromatic heterocycles. The van der Waals surface area contributed by atoms with Gasteiger partial charge in [-0.15, -0.1) is 0 Å². The van der Waals surface area contributed by atoms with Crippen LogP contribution in [-0.2, 0) is 10.4 Å². The zero-order chi connectivity index (χ0) is 18.7. The van der Waals surface area contributed by atoms with Gasteiger partial charge in [-0.1, -0.05) is 29.3 Å². The Hall–Kier alpha value is -2.15. The Morgan fingerprint density at radius 1 is 1.23 bits per heavy atom. The van der Waals surface area contributed by atoms with E-state index < -0.39 is 11.5 Å². The zero-order valence-electron chi connectivity index (χ0n) is 13.9. The van der Waals surface area contributed by atoms with Crippen LogP contribution in [0.3, 0.4) is 0 Å². The van der Waals surface area contributed by atoms with Gasteiger partial charge in [-0.25, -0.2) is 0 Å². The van der Waals surface area contributed by atoms with Gasteiger partial charge in [0, 0.05) is 5.02 Å². The van der Waals surface area contributed by atoms with Crippen molar-refractivity contribution in [3.05, 3.63) is 52.0 Å². The zero-order valence-corrected chi connectivity index (χ0v) is 15.4. The van der Waals surface area contributed by atoms with Crippen molar-refractivity contribution in [2.75, 3.05) is 19.9 Å². The molecule has 0 saturated carbocycles. The Labute approximate surface area is 160 Å². The van der Waals surface area contributed by atoms with Crippen LogP contribution in [0.4, 0.5) is 0 Å². The fourth-order valence-electron chi connectivity index (χ4n) is 2.39. The summed E-state index contributed by atoms with van der Waals surface area (Å²) in [4.78, 5) is 12.0. The van der Waals surface area contributed by atoms with E-state index in [1.54, 1.807) is 37.3 Å². The Morgan fingerprint density at radius 2 is 2.00 bits per heavy atom. The predicted molar refractivity (Wildman–Crippen MR) is 97.1 cm³/mol. The molecule has 26 heavy (non-hydrogen) atoms. The van der Waals surface area contributed by atoms with Crippen molar-refractivity contribution >= 4 is 29.1 Å². The minimum Gasteiger partial charge on any atom is -0.482 e. The minimum atomic E-state index is -1.28. The molecule has 0 bridgehead atoms. The van der Waals surface area contributed by atoms with Crippen LogP contribution in [0, 0.1) is 0 Å². The number of halogens is 2. The quantitative estimate of drug-likeness (QED) is 0.782. The number of hydrogen-bond acceptors (Lipinski definition) is 5. The second kappa shape index (κ2) is 7.61. The molecule has 0 spiro atoms. The normalized spacial score (nSPS) is 14.6. The van der Waals surface area contributed by atoms with Crippen molar-refractivity contribution < 1.29 is 24.1 Å². The number of nitrogens with one attached hydrogen (secondary N) is 1. The summed E-state index contributed by atoms with van der Waals surface area (Å²) in [6.45, 7) is 1.52. The van der Waals surface area contributed by atoms with E-state index >= 15 is 0 Å². The van der Waals surface area contributed by atoms with Gasteiger partial charge < -0.3 is 24.6 Å². The summed E-state index contributed by atoms with van der Waals surface area (Å²) in [7, 11) is 0. The SMILES string of the molecule is C[C@@](O)(CNC(=O)COc1ccc(Cl)cc1Cl)c1ccc2c(c1)OCO2. The first-order valence-electron chi connectivity index (χ1n) is 7.82. The third kappa shape index (κ3) is 4.33. The van der Waals surface area contributed by atoms with Gasteiger partial charge >= 0.3 is 0 Å². The lowest BCUT2D eigenvalue weighted by Gasteiger charge is -2.24. The Morgan fingerprint density at radius 3 is 2.77 bits per heavy atom. The molecule has 1 atom stereocenters. The third-order valence-electron chi connectivity index (χ3n) is 3.88. The molecule has 2 N–H and O–H groups in total. The molecular formula is C18H17Cl2NO5. The number of carbonyl (C=O) groups excluding carboxylic acids is 1. The molecule has 0 radical (unpaired) electrons. The maximum Gasteiger partial charge on any atom is 0.258 e. The van der Waals surface area contributed by atoms with Crippen molar-refractivity contribution in [2.24, 2.45) is 0 Å². The maximum atomic E-state index is 12.0. The lowest BCUT2D eigenvalue weighted by molar-refractivity contribution is -0.124. The van der Waals surface area contributed by atoms with E-state index in [0.717, 1.165) is 0 Å². The van der Waals surface area contributed by atoms with E-state index in [1.807, 2.05) is 0 Å². The Balaban J connectivity index is 1.54. The highest BCUT2D eigenvalue weighted by molar-refractivity contribution is 6.35. The standard InChI is InChI=1S/C18H17Cl2NO5/c1-18(23,11-2-4-15-16(6-11)26-10-25-15)9-21-17(22)8-24-14-5-3-12(19)7-13(14)20/h2-7,23H,8-10H2,1H3,(H,21,22)/t18-/m1/s1. The minimum absolute atomic E-state index is 0.00316. The molecule has 0 fully saturated rings. The van der Waals surface area contributed by atoms with E-state index in [2.05, 4.69) is 5.32 Å². The molecule has 1 aliphatic rings. The van der Waals surface area contributed by atoms with E-state index in [0.29, 0.717) is 32.9 Å². The summed E-state index contributed by atoms with van der Waals surface area (Å²) in [6.07, 6.45) is 0. The molecule has 1 amide bonds. The van der Waals surface area contributed by atoms with Crippen LogP contribution in [0.15, 0.2) is 36.4 Å². The van der Waals surface area contributed by atoms with E-state index in [1.165, 1.54) is 6.07 Å². The van der Waals surface area contributed by atoms with Crippen LogP contribution in [0.25, 0.3) is 0 Å². The molecule has 3 rings (SSSR count). The molecule has 2 aromatic rings. The Bertz CT molecular complexity index is 825. The molecule has 1 heterocycles. The summed E-state index contributed by atoms with van der Waals surface area (Å²) in [5.41, 5.74) is -0.683. The van der Waals surface area contributed by atoms with Crippen molar-refractivity contribution in [1.82, 2.24) is 5.32 Å². The first-order valence-corrected chi connectivity index (χ1v) is 8.58. The highest BCUT2D eigenvalue weighted by Crippen LogP contribution is 2.35. The smallest absolute Gasteiger partial charge is 0.258 e. The first-order chi connectivity index (χ1) is 12.3. The van der Waals surface area contributed by atoms with Crippen LogP contribution in [-0.4, -0.2) is 31.0 Å². The number of aliphatic hydroxyl groups is 1. The number of fused-ring (bicyclic) bond motifs is 1. The van der Waals surface area contributed by atoms with Crippen molar-refractivity contribution in [3.8, 4) is 17.2 Å². The fraction of sp³-hybridized carbons (Fsp3) is 0.278. The van der Waals surface area contributed by atoms with Crippen LogP contribution in [0.5, 0.6) is 17.2 Å². The van der Waals surface area contributed by atoms with Gasteiger partial charge in [0.05, 0.1) is 11.6 Å². The number of benzene rings is 2. The highest BCUT2D eigenvalue weighted by atomic mass is 35.5. The van der Waals surface area contributed by atoms with Crippen LogP contribution in [0.1, 0.15) is 12.5 Å². The molecule has 8 heteroatoms. The largest absolute Gasteiger partial charge is 0.482 e. The summed E-state index contributed by atoms with van der Waals surface area (Å²) in [5, 5.41) is 14.1. The summed E-state index contributed by atoms with van der Waals surface area (Å²) in [5.74, 6) is 1.16. The molecule has 1 aliphatic heterocycles. The number of carbonyl (C=O) groups is 1. The van der Waals surface area contributed by atoms with Crippen molar-refractivity contribution in [2.45, 2.75) is 12.5 Å². The molecule has 0 unspecified atom stereocenters. The van der Waals surface area contributed by atoms with Gasteiger partial charge in [-0.05, 0) is 42.8 Å². The Kier molecular flexibility index (Phi) is 5.46. The van der Waals surface area contributed by atoms with Gasteiger partial charge in [0.2, 0.25) is 6.79 Å². The average molecular weight is 398 g/mol. The average Bonchev–Trinajstić information content (AvgIpc) is 3.07. The molecule has 6 nitrogen and oxygen atoms in total. The van der Waals surface area contributed by atoms with Crippen LogP contribution in [0.2, 0.25) is 10.0 Å². The van der Waals surface area contributed by atoms with Gasteiger partial charge in [-0.3, -0.25) is 4.79 Å². The summed E-state index contributed by atoms with van der Waals surface area (Å²) >= 11 is 11.8. The molecule has 0 saturated heterocycles. The van der Waals surface area contributed by atoms with Crippen LogP contribution >= 0.6 is 23.2 Å². The summed E-state index contributed by atoms with van der Waals surface area (Å²) in [6, 6.07) is 9.87. The van der Waals surface area contributed by atoms with Gasteiger partial charge in [0.1, 0.15) is 11.4 Å². The fourth-order valence-corrected chi connectivity index (χ4v) is 2.85. The second-order valence-electron chi connectivity index (χ2n) is 5.98. The van der Waals surface area contributed by atoms with E-state index in [9.17, 15) is 9.90 Å².